The second kappa shape index (κ2) is 10.7. The molecule has 2 heterocycles. The minimum absolute atomic E-state index is 0.0294. The number of hydrogen-bond acceptors (Lipinski definition) is 12. The molecule has 0 amide bonds. The summed E-state index contributed by atoms with van der Waals surface area (Å²) >= 11 is 0. The third-order valence-corrected chi connectivity index (χ3v) is 5.27. The highest BCUT2D eigenvalue weighted by Crippen LogP contribution is 2.42. The van der Waals surface area contributed by atoms with Crippen molar-refractivity contribution < 1.29 is 52.4 Å². The standard InChI is InChI=1S/C23H27NO11/c1-12(25)30-11-19-20(31-13(2)26)21(32-14(3)27)22(33-15(4)28)23(34-19)10-18(24-35-23)16-6-8-17(29-5)9-7-16/h6-9,19-22H,10-11H2,1-5H3/t19-,20-,21+,22-,23-/m1/s1. The Kier molecular flexibility index (Phi) is 7.95. The molecule has 12 heteroatoms. The molecular formula is C23H27NO11. The molecule has 0 N–H and O–H groups in total. The Bertz CT molecular complexity index is 1010. The topological polar surface area (TPSA) is 145 Å². The van der Waals surface area contributed by atoms with E-state index in [4.69, 9.17) is 33.3 Å². The van der Waals surface area contributed by atoms with Gasteiger partial charge in [0.2, 0.25) is 6.10 Å². The fraction of sp³-hybridized carbons (Fsp3) is 0.522. The first-order valence-electron chi connectivity index (χ1n) is 10.8. The third kappa shape index (κ3) is 6.07. The number of rotatable bonds is 7. The van der Waals surface area contributed by atoms with E-state index >= 15 is 0 Å². The van der Waals surface area contributed by atoms with Crippen LogP contribution in [0.5, 0.6) is 5.75 Å². The zero-order valence-electron chi connectivity index (χ0n) is 20.0. The summed E-state index contributed by atoms with van der Waals surface area (Å²) in [5.41, 5.74) is 1.12. The Morgan fingerprint density at radius 2 is 1.51 bits per heavy atom. The number of nitrogens with zero attached hydrogens (tertiary/aromatic N) is 1. The summed E-state index contributed by atoms with van der Waals surface area (Å²) in [5.74, 6) is -3.92. The second-order valence-electron chi connectivity index (χ2n) is 7.98. The molecule has 35 heavy (non-hydrogen) atoms. The van der Waals surface area contributed by atoms with E-state index < -0.39 is 54.1 Å². The molecular weight excluding hydrogens is 466 g/mol. The van der Waals surface area contributed by atoms with Crippen molar-refractivity contribution in [1.29, 1.82) is 0 Å². The predicted octanol–water partition coefficient (Wildman–Crippen LogP) is 1.27. The fourth-order valence-corrected chi connectivity index (χ4v) is 3.93. The number of esters is 4. The van der Waals surface area contributed by atoms with Gasteiger partial charge in [-0.2, -0.15) is 0 Å². The molecule has 3 rings (SSSR count). The van der Waals surface area contributed by atoms with Crippen LogP contribution in [0.1, 0.15) is 39.7 Å². The predicted molar refractivity (Wildman–Crippen MR) is 116 cm³/mol. The maximum absolute atomic E-state index is 12.0. The van der Waals surface area contributed by atoms with Crippen LogP contribution in [0, 0.1) is 0 Å². The lowest BCUT2D eigenvalue weighted by molar-refractivity contribution is -0.357. The van der Waals surface area contributed by atoms with Crippen LogP contribution in [-0.2, 0) is 47.7 Å². The molecule has 1 saturated heterocycles. The summed E-state index contributed by atoms with van der Waals surface area (Å²) in [6.07, 6.45) is -5.16. The van der Waals surface area contributed by atoms with E-state index in [2.05, 4.69) is 5.16 Å². The first kappa shape index (κ1) is 25.9. The minimum Gasteiger partial charge on any atom is -0.497 e. The molecule has 2 aliphatic heterocycles. The lowest BCUT2D eigenvalue weighted by Crippen LogP contribution is -2.68. The van der Waals surface area contributed by atoms with Crippen LogP contribution in [0.25, 0.3) is 0 Å². The lowest BCUT2D eigenvalue weighted by Gasteiger charge is -2.47. The Hall–Kier alpha value is -3.67. The van der Waals surface area contributed by atoms with Gasteiger partial charge < -0.3 is 33.3 Å². The number of methoxy groups -OCH3 is 1. The second-order valence-corrected chi connectivity index (χ2v) is 7.98. The maximum atomic E-state index is 12.0. The highest BCUT2D eigenvalue weighted by Gasteiger charge is 2.64. The van der Waals surface area contributed by atoms with Gasteiger partial charge in [-0.3, -0.25) is 19.2 Å². The first-order chi connectivity index (χ1) is 16.5. The lowest BCUT2D eigenvalue weighted by atomic mass is 9.88. The highest BCUT2D eigenvalue weighted by atomic mass is 16.8. The maximum Gasteiger partial charge on any atom is 0.303 e. The molecule has 12 nitrogen and oxygen atoms in total. The smallest absolute Gasteiger partial charge is 0.303 e. The minimum atomic E-state index is -1.76. The van der Waals surface area contributed by atoms with Crippen LogP contribution in [0.2, 0.25) is 0 Å². The van der Waals surface area contributed by atoms with E-state index in [0.29, 0.717) is 17.0 Å². The van der Waals surface area contributed by atoms with Gasteiger partial charge in [-0.05, 0) is 29.8 Å². The van der Waals surface area contributed by atoms with Crippen LogP contribution < -0.4 is 4.74 Å². The summed E-state index contributed by atoms with van der Waals surface area (Å²) in [7, 11) is 1.54. The number of oxime groups is 1. The summed E-state index contributed by atoms with van der Waals surface area (Å²) in [5, 5.41) is 4.13. The van der Waals surface area contributed by atoms with Gasteiger partial charge >= 0.3 is 23.9 Å². The normalized spacial score (nSPS) is 27.3. The SMILES string of the molecule is COc1ccc(C2=NO[C@@]3(C2)O[C@H](COC(C)=O)[C@@H](OC(C)=O)[C@H](OC(C)=O)[C@H]3OC(C)=O)cc1. The van der Waals surface area contributed by atoms with E-state index in [-0.39, 0.29) is 13.0 Å². The molecule has 5 atom stereocenters. The molecule has 0 radical (unpaired) electrons. The molecule has 0 saturated carbocycles. The molecule has 0 bridgehead atoms. The average molecular weight is 493 g/mol. The van der Waals surface area contributed by atoms with Crippen LogP contribution in [0.15, 0.2) is 29.4 Å². The van der Waals surface area contributed by atoms with Gasteiger partial charge in [0, 0.05) is 27.7 Å². The summed E-state index contributed by atoms with van der Waals surface area (Å²) < 4.78 is 32.7. The van der Waals surface area contributed by atoms with Crippen LogP contribution >= 0.6 is 0 Å². The van der Waals surface area contributed by atoms with Crippen molar-refractivity contribution in [2.24, 2.45) is 5.16 Å². The van der Waals surface area contributed by atoms with Crippen molar-refractivity contribution in [3.8, 4) is 5.75 Å². The first-order valence-corrected chi connectivity index (χ1v) is 10.8. The zero-order chi connectivity index (χ0) is 25.8. The Morgan fingerprint density at radius 1 is 0.914 bits per heavy atom. The summed E-state index contributed by atoms with van der Waals surface area (Å²) in [6.45, 7) is 4.29. The van der Waals surface area contributed by atoms with Gasteiger partial charge in [-0.1, -0.05) is 5.16 Å². The van der Waals surface area contributed by atoms with Gasteiger partial charge in [0.15, 0.2) is 12.2 Å². The van der Waals surface area contributed by atoms with Crippen molar-refractivity contribution in [1.82, 2.24) is 0 Å². The molecule has 190 valence electrons. The van der Waals surface area contributed by atoms with E-state index in [9.17, 15) is 19.2 Å². The number of carbonyl (C=O) groups is 4. The molecule has 0 aliphatic carbocycles. The van der Waals surface area contributed by atoms with Crippen molar-refractivity contribution in [2.75, 3.05) is 13.7 Å². The van der Waals surface area contributed by atoms with Crippen molar-refractivity contribution >= 4 is 29.6 Å². The largest absolute Gasteiger partial charge is 0.497 e. The third-order valence-electron chi connectivity index (χ3n) is 5.27. The van der Waals surface area contributed by atoms with Gasteiger partial charge in [0.05, 0.1) is 19.2 Å². The molecule has 1 aromatic rings. The van der Waals surface area contributed by atoms with E-state index in [1.807, 2.05) is 0 Å². The van der Waals surface area contributed by atoms with Gasteiger partial charge in [-0.25, -0.2) is 0 Å². The fourth-order valence-electron chi connectivity index (χ4n) is 3.93. The Labute approximate surface area is 201 Å². The van der Waals surface area contributed by atoms with Crippen LogP contribution in [-0.4, -0.2) is 73.5 Å². The van der Waals surface area contributed by atoms with Gasteiger partial charge in [-0.15, -0.1) is 0 Å². The number of hydrogen-bond donors (Lipinski definition) is 0. The molecule has 1 spiro atoms. The zero-order valence-corrected chi connectivity index (χ0v) is 20.0. The van der Waals surface area contributed by atoms with Gasteiger partial charge in [0.25, 0.3) is 5.79 Å². The molecule has 2 aliphatic rings. The number of benzene rings is 1. The quantitative estimate of drug-likeness (QED) is 0.400. The van der Waals surface area contributed by atoms with Crippen molar-refractivity contribution in [3.63, 3.8) is 0 Å². The van der Waals surface area contributed by atoms with E-state index in [0.717, 1.165) is 20.8 Å². The molecule has 0 aromatic heterocycles. The molecule has 1 fully saturated rings. The Morgan fingerprint density at radius 3 is 2.06 bits per heavy atom. The summed E-state index contributed by atoms with van der Waals surface area (Å²) in [4.78, 5) is 53.1. The summed E-state index contributed by atoms with van der Waals surface area (Å²) in [6, 6.07) is 6.97. The number of carbonyl (C=O) groups excluding carboxylic acids is 4. The van der Waals surface area contributed by atoms with Crippen molar-refractivity contribution in [2.45, 2.75) is 64.3 Å². The molecule has 0 unspecified atom stereocenters. The average Bonchev–Trinajstić information content (AvgIpc) is 3.21. The van der Waals surface area contributed by atoms with E-state index in [1.165, 1.54) is 14.0 Å². The number of ether oxygens (including phenoxy) is 6. The van der Waals surface area contributed by atoms with E-state index in [1.54, 1.807) is 24.3 Å². The highest BCUT2D eigenvalue weighted by molar-refractivity contribution is 6.01. The van der Waals surface area contributed by atoms with Crippen LogP contribution in [0.4, 0.5) is 0 Å². The van der Waals surface area contributed by atoms with Crippen molar-refractivity contribution in [3.05, 3.63) is 29.8 Å². The monoisotopic (exact) mass is 493 g/mol. The molecule has 1 aromatic carbocycles. The van der Waals surface area contributed by atoms with Crippen LogP contribution in [0.3, 0.4) is 0 Å². The Balaban J connectivity index is 2.01. The van der Waals surface area contributed by atoms with Gasteiger partial charge in [0.1, 0.15) is 18.5 Å².